The van der Waals surface area contributed by atoms with E-state index >= 15 is 0 Å². The normalized spacial score (nSPS) is 11.5. The van der Waals surface area contributed by atoms with E-state index in [0.717, 1.165) is 10.3 Å². The first-order valence-corrected chi connectivity index (χ1v) is 5.40. The van der Waals surface area contributed by atoms with Crippen LogP contribution in [0.5, 0.6) is 0 Å². The molecule has 0 spiro atoms. The van der Waals surface area contributed by atoms with Crippen LogP contribution in [0.2, 0.25) is 0 Å². The molecule has 0 aromatic carbocycles. The first-order valence-electron chi connectivity index (χ1n) is 4.61. The molecular weight excluding hydrogens is 254 g/mol. The van der Waals surface area contributed by atoms with Crippen LogP contribution in [0, 0.1) is 12.3 Å². The Hall–Kier alpha value is -0.920. The zero-order chi connectivity index (χ0) is 11.5. The molecule has 1 rings (SSSR count). The average molecular weight is 268 g/mol. The Balaban J connectivity index is 2.71. The molecule has 0 aliphatic carbocycles. The van der Waals surface area contributed by atoms with E-state index in [1.54, 1.807) is 12.4 Å². The van der Waals surface area contributed by atoms with Gasteiger partial charge in [0, 0.05) is 12.4 Å². The maximum Gasteiger partial charge on any atom is 0.142 e. The summed E-state index contributed by atoms with van der Waals surface area (Å²) in [7, 11) is 1.96. The smallest absolute Gasteiger partial charge is 0.142 e. The topological polar surface area (TPSA) is 29.0 Å². The molecule has 0 aliphatic rings. The van der Waals surface area contributed by atoms with Gasteiger partial charge >= 0.3 is 0 Å². The summed E-state index contributed by atoms with van der Waals surface area (Å²) in [4.78, 5) is 10.4. The van der Waals surface area contributed by atoms with Gasteiger partial charge in [0.1, 0.15) is 5.82 Å². The third-order valence-electron chi connectivity index (χ3n) is 2.36. The lowest BCUT2D eigenvalue weighted by Crippen LogP contribution is -2.39. The first kappa shape index (κ1) is 12.2. The summed E-state index contributed by atoms with van der Waals surface area (Å²) in [5, 5.41) is 0. The van der Waals surface area contributed by atoms with Crippen LogP contribution in [0.25, 0.3) is 0 Å². The quantitative estimate of drug-likeness (QED) is 0.786. The Morgan fingerprint density at radius 1 is 1.47 bits per heavy atom. The molecule has 0 N–H and O–H groups in total. The molecule has 0 atom stereocenters. The lowest BCUT2D eigenvalue weighted by atomic mass is 10.1. The van der Waals surface area contributed by atoms with Gasteiger partial charge in [0.15, 0.2) is 0 Å². The van der Waals surface area contributed by atoms with Gasteiger partial charge < -0.3 is 0 Å². The standard InChI is InChI=1S/C11H14BrN3/c1-5-11(2,3)15(4)8-10-13-6-9(12)7-14-10/h1,6-7H,8H2,2-4H3. The van der Waals surface area contributed by atoms with E-state index in [9.17, 15) is 0 Å². The molecule has 0 saturated carbocycles. The highest BCUT2D eigenvalue weighted by Gasteiger charge is 2.20. The van der Waals surface area contributed by atoms with Crippen molar-refractivity contribution in [2.75, 3.05) is 7.05 Å². The molecule has 80 valence electrons. The van der Waals surface area contributed by atoms with Gasteiger partial charge in [0.05, 0.1) is 16.6 Å². The molecular formula is C11H14BrN3. The number of hydrogen-bond acceptors (Lipinski definition) is 3. The maximum absolute atomic E-state index is 5.44. The number of halogens is 1. The molecule has 1 aromatic heterocycles. The molecule has 15 heavy (non-hydrogen) atoms. The van der Waals surface area contributed by atoms with E-state index in [1.165, 1.54) is 0 Å². The summed E-state index contributed by atoms with van der Waals surface area (Å²) < 4.78 is 0.880. The number of nitrogens with zero attached hydrogens (tertiary/aromatic N) is 3. The SMILES string of the molecule is C#CC(C)(C)N(C)Cc1ncc(Br)cn1. The fraction of sp³-hybridized carbons (Fsp3) is 0.455. The van der Waals surface area contributed by atoms with Gasteiger partial charge in [-0.05, 0) is 36.8 Å². The Kier molecular flexibility index (Phi) is 3.83. The van der Waals surface area contributed by atoms with Crippen molar-refractivity contribution in [2.45, 2.75) is 25.9 Å². The van der Waals surface area contributed by atoms with E-state index in [1.807, 2.05) is 25.8 Å². The van der Waals surface area contributed by atoms with Gasteiger partial charge in [-0.15, -0.1) is 6.42 Å². The number of terminal acetylenes is 1. The predicted molar refractivity (Wildman–Crippen MR) is 64.1 cm³/mol. The van der Waals surface area contributed by atoms with E-state index < -0.39 is 0 Å². The van der Waals surface area contributed by atoms with Gasteiger partial charge in [-0.1, -0.05) is 5.92 Å². The van der Waals surface area contributed by atoms with E-state index in [4.69, 9.17) is 6.42 Å². The first-order chi connectivity index (χ1) is 6.95. The van der Waals surface area contributed by atoms with Crippen LogP contribution in [0.3, 0.4) is 0 Å². The average Bonchev–Trinajstić information content (AvgIpc) is 2.21. The van der Waals surface area contributed by atoms with Crippen molar-refractivity contribution < 1.29 is 0 Å². The predicted octanol–water partition coefficient (Wildman–Crippen LogP) is 2.08. The molecule has 3 nitrogen and oxygen atoms in total. The molecule has 0 amide bonds. The molecule has 0 saturated heterocycles. The van der Waals surface area contributed by atoms with Crippen molar-refractivity contribution in [2.24, 2.45) is 0 Å². The third-order valence-corrected chi connectivity index (χ3v) is 2.77. The fourth-order valence-corrected chi connectivity index (χ4v) is 1.15. The highest BCUT2D eigenvalue weighted by Crippen LogP contribution is 2.13. The summed E-state index contributed by atoms with van der Waals surface area (Å²) in [6, 6.07) is 0. The van der Waals surface area contributed by atoms with Crippen molar-refractivity contribution in [3.63, 3.8) is 0 Å². The van der Waals surface area contributed by atoms with Gasteiger partial charge in [-0.25, -0.2) is 9.97 Å². The largest absolute Gasteiger partial charge is 0.283 e. The number of hydrogen-bond donors (Lipinski definition) is 0. The maximum atomic E-state index is 5.44. The summed E-state index contributed by atoms with van der Waals surface area (Å²) in [5.74, 6) is 3.50. The van der Waals surface area contributed by atoms with E-state index in [0.29, 0.717) is 6.54 Å². The van der Waals surface area contributed by atoms with Crippen LogP contribution in [0.1, 0.15) is 19.7 Å². The molecule has 1 heterocycles. The second-order valence-corrected chi connectivity index (χ2v) is 4.79. The van der Waals surface area contributed by atoms with Crippen molar-refractivity contribution in [1.29, 1.82) is 0 Å². The molecule has 0 aliphatic heterocycles. The van der Waals surface area contributed by atoms with Crippen LogP contribution in [0.4, 0.5) is 0 Å². The molecule has 0 unspecified atom stereocenters. The summed E-state index contributed by atoms with van der Waals surface area (Å²) >= 11 is 3.29. The van der Waals surface area contributed by atoms with Crippen LogP contribution >= 0.6 is 15.9 Å². The second-order valence-electron chi connectivity index (χ2n) is 3.88. The molecule has 1 aromatic rings. The fourth-order valence-electron chi connectivity index (χ4n) is 0.941. The monoisotopic (exact) mass is 267 g/mol. The zero-order valence-electron chi connectivity index (χ0n) is 9.16. The van der Waals surface area contributed by atoms with Gasteiger partial charge in [-0.3, -0.25) is 4.90 Å². The summed E-state index contributed by atoms with van der Waals surface area (Å²) in [6.07, 6.45) is 8.92. The molecule has 0 bridgehead atoms. The molecule has 0 radical (unpaired) electrons. The van der Waals surface area contributed by atoms with Crippen molar-refractivity contribution in [3.8, 4) is 12.3 Å². The minimum Gasteiger partial charge on any atom is -0.283 e. The highest BCUT2D eigenvalue weighted by atomic mass is 79.9. The van der Waals surface area contributed by atoms with Gasteiger partial charge in [-0.2, -0.15) is 0 Å². The van der Waals surface area contributed by atoms with Crippen molar-refractivity contribution in [3.05, 3.63) is 22.7 Å². The Morgan fingerprint density at radius 2 is 2.00 bits per heavy atom. The van der Waals surface area contributed by atoms with Crippen molar-refractivity contribution >= 4 is 15.9 Å². The molecule has 4 heteroatoms. The summed E-state index contributed by atoms with van der Waals surface area (Å²) in [5.41, 5.74) is -0.281. The van der Waals surface area contributed by atoms with Gasteiger partial charge in [0.2, 0.25) is 0 Å². The minimum absolute atomic E-state index is 0.281. The van der Waals surface area contributed by atoms with Crippen LogP contribution in [-0.2, 0) is 6.54 Å². The van der Waals surface area contributed by atoms with Gasteiger partial charge in [0.25, 0.3) is 0 Å². The third kappa shape index (κ3) is 3.29. The second kappa shape index (κ2) is 4.73. The summed E-state index contributed by atoms with van der Waals surface area (Å²) in [6.45, 7) is 4.63. The van der Waals surface area contributed by atoms with Crippen LogP contribution < -0.4 is 0 Å². The Labute approximate surface area is 99.1 Å². The lowest BCUT2D eigenvalue weighted by Gasteiger charge is -2.29. The van der Waals surface area contributed by atoms with Crippen molar-refractivity contribution in [1.82, 2.24) is 14.9 Å². The Bertz CT molecular complexity index is 364. The number of rotatable bonds is 3. The van der Waals surface area contributed by atoms with Crippen LogP contribution in [-0.4, -0.2) is 27.5 Å². The van der Waals surface area contributed by atoms with E-state index in [-0.39, 0.29) is 5.54 Å². The molecule has 0 fully saturated rings. The minimum atomic E-state index is -0.281. The van der Waals surface area contributed by atoms with E-state index in [2.05, 4.69) is 31.8 Å². The Morgan fingerprint density at radius 3 is 2.47 bits per heavy atom. The number of aromatic nitrogens is 2. The van der Waals surface area contributed by atoms with Crippen LogP contribution in [0.15, 0.2) is 16.9 Å². The zero-order valence-corrected chi connectivity index (χ0v) is 10.7. The lowest BCUT2D eigenvalue weighted by molar-refractivity contribution is 0.200. The highest BCUT2D eigenvalue weighted by molar-refractivity contribution is 9.10.